The summed E-state index contributed by atoms with van der Waals surface area (Å²) >= 11 is 1.56. The van der Waals surface area contributed by atoms with Gasteiger partial charge in [0, 0.05) is 15.8 Å². The Bertz CT molecular complexity index is 1520. The number of nitrogens with zero attached hydrogens (tertiary/aromatic N) is 2. The first-order chi connectivity index (χ1) is 18.3. The Balaban J connectivity index is 1.48. The molecule has 1 N–H and O–H groups in total. The van der Waals surface area contributed by atoms with Crippen LogP contribution in [-0.2, 0) is 12.8 Å². The zero-order valence-corrected chi connectivity index (χ0v) is 23.2. The normalized spacial score (nSPS) is 15.1. The number of amides is 1. The summed E-state index contributed by atoms with van der Waals surface area (Å²) in [5, 5.41) is 14.5. The van der Waals surface area contributed by atoms with Crippen molar-refractivity contribution in [3.8, 4) is 23.1 Å². The third-order valence-corrected chi connectivity index (χ3v) is 8.58. The zero-order valence-electron chi connectivity index (χ0n) is 22.4. The number of ether oxygens (including phenoxy) is 1. The van der Waals surface area contributed by atoms with Gasteiger partial charge in [-0.05, 0) is 79.0 Å². The number of thiophene rings is 1. The minimum absolute atomic E-state index is 0.213. The summed E-state index contributed by atoms with van der Waals surface area (Å²) in [5.74, 6) is 1.15. The van der Waals surface area contributed by atoms with Crippen molar-refractivity contribution in [1.29, 1.82) is 5.26 Å². The smallest absolute Gasteiger partial charge is 0.257 e. The Labute approximate surface area is 228 Å². The molecular formula is C32H33N3O2S. The van der Waals surface area contributed by atoms with Crippen LogP contribution >= 0.6 is 11.3 Å². The summed E-state index contributed by atoms with van der Waals surface area (Å²) in [6.07, 6.45) is 3.85. The van der Waals surface area contributed by atoms with Gasteiger partial charge in [0.1, 0.15) is 16.8 Å². The molecule has 0 aliphatic heterocycles. The fraction of sp³-hybridized carbons (Fsp3) is 0.344. The van der Waals surface area contributed by atoms with Crippen LogP contribution in [0.1, 0.15) is 66.9 Å². The van der Waals surface area contributed by atoms with Gasteiger partial charge >= 0.3 is 0 Å². The van der Waals surface area contributed by atoms with Gasteiger partial charge in [-0.15, -0.1) is 11.3 Å². The average Bonchev–Trinajstić information content (AvgIpc) is 3.27. The summed E-state index contributed by atoms with van der Waals surface area (Å²) in [4.78, 5) is 19.8. The Morgan fingerprint density at radius 1 is 1.18 bits per heavy atom. The number of pyridine rings is 1. The second-order valence-electron chi connectivity index (χ2n) is 11.0. The molecule has 0 spiro atoms. The monoisotopic (exact) mass is 523 g/mol. The number of rotatable bonds is 6. The molecule has 2 aromatic carbocycles. The lowest BCUT2D eigenvalue weighted by atomic mass is 9.72. The van der Waals surface area contributed by atoms with E-state index in [0.29, 0.717) is 28.7 Å². The van der Waals surface area contributed by atoms with Crippen molar-refractivity contribution in [3.05, 3.63) is 76.2 Å². The van der Waals surface area contributed by atoms with E-state index in [1.165, 1.54) is 4.88 Å². The molecule has 38 heavy (non-hydrogen) atoms. The highest BCUT2D eigenvalue weighted by Gasteiger charge is 2.32. The first-order valence-corrected chi connectivity index (χ1v) is 14.1. The van der Waals surface area contributed by atoms with Gasteiger partial charge in [-0.2, -0.15) is 5.26 Å². The lowest BCUT2D eigenvalue weighted by Crippen LogP contribution is -2.26. The number of para-hydroxylation sites is 1. The van der Waals surface area contributed by atoms with E-state index in [9.17, 15) is 10.1 Å². The van der Waals surface area contributed by atoms with Crippen LogP contribution in [0.25, 0.3) is 22.2 Å². The Kier molecular flexibility index (Phi) is 7.23. The SMILES string of the molecule is CCCOc1ccc(-c2cc(C(=O)Nc3sc4c(c3C#N)CC[C@@H](C(C)(C)C)C4)c3ccccc3n2)cc1. The predicted octanol–water partition coefficient (Wildman–Crippen LogP) is 8.03. The minimum atomic E-state index is -0.227. The van der Waals surface area contributed by atoms with Crippen molar-refractivity contribution in [2.24, 2.45) is 11.3 Å². The van der Waals surface area contributed by atoms with Crippen LogP contribution in [0.5, 0.6) is 5.75 Å². The second-order valence-corrected chi connectivity index (χ2v) is 12.1. The number of benzene rings is 2. The molecule has 0 fully saturated rings. The Hall–Kier alpha value is -3.69. The number of carbonyl (C=O) groups excluding carboxylic acids is 1. The molecule has 1 atom stereocenters. The number of hydrogen-bond donors (Lipinski definition) is 1. The fourth-order valence-corrected chi connectivity index (χ4v) is 6.43. The summed E-state index contributed by atoms with van der Waals surface area (Å²) in [5.41, 5.74) is 4.86. The van der Waals surface area contributed by atoms with Crippen LogP contribution in [0, 0.1) is 22.7 Å². The zero-order chi connectivity index (χ0) is 26.9. The molecule has 0 bridgehead atoms. The van der Waals surface area contributed by atoms with Crippen molar-refractivity contribution in [1.82, 2.24) is 4.98 Å². The molecule has 1 aliphatic rings. The summed E-state index contributed by atoms with van der Waals surface area (Å²) in [7, 11) is 0. The van der Waals surface area contributed by atoms with Crippen LogP contribution in [0.15, 0.2) is 54.6 Å². The molecule has 0 unspecified atom stereocenters. The first-order valence-electron chi connectivity index (χ1n) is 13.3. The number of nitrogens with one attached hydrogen (secondary N) is 1. The molecule has 2 heterocycles. The highest BCUT2D eigenvalue weighted by molar-refractivity contribution is 7.16. The predicted molar refractivity (Wildman–Crippen MR) is 155 cm³/mol. The van der Waals surface area contributed by atoms with Crippen molar-refractivity contribution >= 4 is 33.1 Å². The van der Waals surface area contributed by atoms with E-state index in [0.717, 1.165) is 59.2 Å². The summed E-state index contributed by atoms with van der Waals surface area (Å²) in [6, 6.07) is 19.7. The van der Waals surface area contributed by atoms with Gasteiger partial charge in [0.25, 0.3) is 5.91 Å². The van der Waals surface area contributed by atoms with Gasteiger partial charge in [-0.1, -0.05) is 45.9 Å². The van der Waals surface area contributed by atoms with Gasteiger partial charge in [0.2, 0.25) is 0 Å². The molecule has 2 aromatic heterocycles. The van der Waals surface area contributed by atoms with Crippen molar-refractivity contribution in [2.45, 2.75) is 53.4 Å². The van der Waals surface area contributed by atoms with Crippen molar-refractivity contribution < 1.29 is 9.53 Å². The van der Waals surface area contributed by atoms with E-state index in [1.807, 2.05) is 54.6 Å². The highest BCUT2D eigenvalue weighted by Crippen LogP contribution is 2.44. The summed E-state index contributed by atoms with van der Waals surface area (Å²) in [6.45, 7) is 9.59. The number of hydrogen-bond acceptors (Lipinski definition) is 5. The van der Waals surface area contributed by atoms with Crippen molar-refractivity contribution in [3.63, 3.8) is 0 Å². The van der Waals surface area contributed by atoms with Crippen LogP contribution in [0.2, 0.25) is 0 Å². The van der Waals surface area contributed by atoms with Gasteiger partial charge in [-0.3, -0.25) is 4.79 Å². The molecule has 5 nitrogen and oxygen atoms in total. The van der Waals surface area contributed by atoms with E-state index in [-0.39, 0.29) is 11.3 Å². The third-order valence-electron chi connectivity index (χ3n) is 7.41. The molecule has 194 valence electrons. The molecule has 1 amide bonds. The number of nitriles is 1. The van der Waals surface area contributed by atoms with E-state index in [1.54, 1.807) is 11.3 Å². The number of aromatic nitrogens is 1. The van der Waals surface area contributed by atoms with E-state index < -0.39 is 0 Å². The van der Waals surface area contributed by atoms with E-state index in [4.69, 9.17) is 9.72 Å². The number of fused-ring (bicyclic) bond motifs is 2. The number of anilines is 1. The molecule has 6 heteroatoms. The molecule has 4 aromatic rings. The highest BCUT2D eigenvalue weighted by atomic mass is 32.1. The summed E-state index contributed by atoms with van der Waals surface area (Å²) < 4.78 is 5.72. The maximum atomic E-state index is 13.7. The Morgan fingerprint density at radius 3 is 2.66 bits per heavy atom. The van der Waals surface area contributed by atoms with Gasteiger partial charge in [-0.25, -0.2) is 4.98 Å². The van der Waals surface area contributed by atoms with Gasteiger partial charge in [0.05, 0.1) is 28.9 Å². The average molecular weight is 524 g/mol. The second kappa shape index (κ2) is 10.6. The largest absolute Gasteiger partial charge is 0.494 e. The van der Waals surface area contributed by atoms with Crippen LogP contribution in [0.4, 0.5) is 5.00 Å². The quantitative estimate of drug-likeness (QED) is 0.278. The fourth-order valence-electron chi connectivity index (χ4n) is 5.15. The Morgan fingerprint density at radius 2 is 1.95 bits per heavy atom. The maximum absolute atomic E-state index is 13.7. The van der Waals surface area contributed by atoms with Crippen LogP contribution in [0.3, 0.4) is 0 Å². The third kappa shape index (κ3) is 5.16. The molecule has 1 aliphatic carbocycles. The molecule has 0 saturated heterocycles. The van der Waals surface area contributed by atoms with E-state index in [2.05, 4.69) is 39.1 Å². The molecule has 0 radical (unpaired) electrons. The topological polar surface area (TPSA) is 75.0 Å². The van der Waals surface area contributed by atoms with E-state index >= 15 is 0 Å². The maximum Gasteiger partial charge on any atom is 0.257 e. The minimum Gasteiger partial charge on any atom is -0.494 e. The first kappa shape index (κ1) is 25.9. The van der Waals surface area contributed by atoms with Crippen LogP contribution in [-0.4, -0.2) is 17.5 Å². The standard InChI is InChI=1S/C32H33N3O2S/c1-5-16-37-22-13-10-20(11-14-22)28-18-25(23-8-6-7-9-27(23)34-28)30(36)35-31-26(19-33)24-15-12-21(32(2,3)4)17-29(24)38-31/h6-11,13-14,18,21H,5,12,15-17H2,1-4H3,(H,35,36)/t21-/m1/s1. The van der Waals surface area contributed by atoms with Crippen molar-refractivity contribution in [2.75, 3.05) is 11.9 Å². The molecule has 0 saturated carbocycles. The van der Waals surface area contributed by atoms with Gasteiger partial charge in [0.15, 0.2) is 0 Å². The lowest BCUT2D eigenvalue weighted by molar-refractivity contribution is 0.102. The molecular weight excluding hydrogens is 490 g/mol. The van der Waals surface area contributed by atoms with Gasteiger partial charge < -0.3 is 10.1 Å². The van der Waals surface area contributed by atoms with Crippen LogP contribution < -0.4 is 10.1 Å². The lowest BCUT2D eigenvalue weighted by Gasteiger charge is -2.33. The molecule has 5 rings (SSSR count). The number of carbonyl (C=O) groups is 1.